The Balaban J connectivity index is 1.46. The molecule has 1 aliphatic heterocycles. The van der Waals surface area contributed by atoms with Crippen molar-refractivity contribution < 1.29 is 0 Å². The molecule has 20 heavy (non-hydrogen) atoms. The first-order valence-corrected chi connectivity index (χ1v) is 9.19. The maximum absolute atomic E-state index is 3.84. The SMILES string of the molecule is C[C@H](NCC1Cc2ccccc2S1)C1CCCCCC1. The average molecular weight is 289 g/mol. The third-order valence-electron chi connectivity index (χ3n) is 4.99. The molecule has 1 aromatic rings. The molecule has 110 valence electrons. The first kappa shape index (κ1) is 14.5. The molecule has 1 saturated carbocycles. The molecule has 1 unspecified atom stereocenters. The van der Waals surface area contributed by atoms with Crippen LogP contribution in [-0.4, -0.2) is 17.8 Å². The van der Waals surface area contributed by atoms with E-state index < -0.39 is 0 Å². The second-order valence-electron chi connectivity index (χ2n) is 6.50. The summed E-state index contributed by atoms with van der Waals surface area (Å²) in [5, 5.41) is 4.57. The van der Waals surface area contributed by atoms with E-state index in [1.807, 2.05) is 0 Å². The smallest absolute Gasteiger partial charge is 0.0260 e. The number of thioether (sulfide) groups is 1. The van der Waals surface area contributed by atoms with Crippen molar-refractivity contribution >= 4 is 11.8 Å². The van der Waals surface area contributed by atoms with Gasteiger partial charge in [0.05, 0.1) is 0 Å². The van der Waals surface area contributed by atoms with Crippen LogP contribution in [0.2, 0.25) is 0 Å². The summed E-state index contributed by atoms with van der Waals surface area (Å²) >= 11 is 2.07. The Bertz CT molecular complexity index is 398. The molecule has 1 aromatic carbocycles. The predicted molar refractivity (Wildman–Crippen MR) is 88.4 cm³/mol. The first-order valence-electron chi connectivity index (χ1n) is 8.31. The van der Waals surface area contributed by atoms with E-state index in [1.54, 1.807) is 5.56 Å². The van der Waals surface area contributed by atoms with Crippen molar-refractivity contribution in [3.63, 3.8) is 0 Å². The van der Waals surface area contributed by atoms with Crippen molar-refractivity contribution in [3.05, 3.63) is 29.8 Å². The van der Waals surface area contributed by atoms with Crippen LogP contribution in [0.25, 0.3) is 0 Å². The Morgan fingerprint density at radius 1 is 1.15 bits per heavy atom. The lowest BCUT2D eigenvalue weighted by molar-refractivity contribution is 0.338. The third-order valence-corrected chi connectivity index (χ3v) is 6.31. The van der Waals surface area contributed by atoms with Gasteiger partial charge in [-0.2, -0.15) is 0 Å². The van der Waals surface area contributed by atoms with E-state index in [-0.39, 0.29) is 0 Å². The number of hydrogen-bond donors (Lipinski definition) is 1. The van der Waals surface area contributed by atoms with Crippen LogP contribution >= 0.6 is 11.8 Å². The molecule has 2 heteroatoms. The largest absolute Gasteiger partial charge is 0.313 e. The Kier molecular flexibility index (Phi) is 5.06. The summed E-state index contributed by atoms with van der Waals surface area (Å²) in [5.41, 5.74) is 1.55. The van der Waals surface area contributed by atoms with Gasteiger partial charge in [0.1, 0.15) is 0 Å². The normalized spacial score (nSPS) is 25.1. The van der Waals surface area contributed by atoms with E-state index in [9.17, 15) is 0 Å². The third kappa shape index (κ3) is 3.59. The minimum absolute atomic E-state index is 0.692. The van der Waals surface area contributed by atoms with E-state index in [4.69, 9.17) is 0 Å². The van der Waals surface area contributed by atoms with Crippen molar-refractivity contribution in [3.8, 4) is 0 Å². The summed E-state index contributed by atoms with van der Waals surface area (Å²) in [6, 6.07) is 9.59. The fourth-order valence-corrected chi connectivity index (χ4v) is 4.92. The van der Waals surface area contributed by atoms with Gasteiger partial charge >= 0.3 is 0 Å². The maximum Gasteiger partial charge on any atom is 0.0260 e. The van der Waals surface area contributed by atoms with Crippen LogP contribution in [0.1, 0.15) is 51.0 Å². The molecule has 2 aliphatic rings. The monoisotopic (exact) mass is 289 g/mol. The molecule has 1 N–H and O–H groups in total. The quantitative estimate of drug-likeness (QED) is 0.810. The lowest BCUT2D eigenvalue weighted by Gasteiger charge is -2.25. The zero-order chi connectivity index (χ0) is 13.8. The molecule has 1 aliphatic carbocycles. The van der Waals surface area contributed by atoms with E-state index in [2.05, 4.69) is 48.3 Å². The molecule has 1 nitrogen and oxygen atoms in total. The molecule has 0 radical (unpaired) electrons. The summed E-state index contributed by atoms with van der Waals surface area (Å²) in [6.45, 7) is 3.57. The fourth-order valence-electron chi connectivity index (χ4n) is 3.66. The van der Waals surface area contributed by atoms with Gasteiger partial charge in [-0.05, 0) is 43.7 Å². The standard InChI is InChI=1S/C18H27NS/c1-14(15-8-4-2-3-5-9-15)19-13-17-12-16-10-6-7-11-18(16)20-17/h6-7,10-11,14-15,17,19H,2-5,8-9,12-13H2,1H3/t14-,17?/m0/s1. The highest BCUT2D eigenvalue weighted by atomic mass is 32.2. The van der Waals surface area contributed by atoms with Gasteiger partial charge in [-0.15, -0.1) is 11.8 Å². The van der Waals surface area contributed by atoms with Crippen molar-refractivity contribution in [2.24, 2.45) is 5.92 Å². The minimum atomic E-state index is 0.692. The minimum Gasteiger partial charge on any atom is -0.313 e. The summed E-state index contributed by atoms with van der Waals surface area (Å²) in [7, 11) is 0. The van der Waals surface area contributed by atoms with Gasteiger partial charge in [0.25, 0.3) is 0 Å². The lowest BCUT2D eigenvalue weighted by atomic mass is 9.93. The van der Waals surface area contributed by atoms with Crippen LogP contribution in [0, 0.1) is 5.92 Å². The van der Waals surface area contributed by atoms with Gasteiger partial charge in [-0.3, -0.25) is 0 Å². The van der Waals surface area contributed by atoms with Crippen LogP contribution in [0.5, 0.6) is 0 Å². The fraction of sp³-hybridized carbons (Fsp3) is 0.667. The van der Waals surface area contributed by atoms with E-state index in [0.717, 1.165) is 17.7 Å². The highest BCUT2D eigenvalue weighted by Crippen LogP contribution is 2.36. The van der Waals surface area contributed by atoms with Crippen LogP contribution in [0.15, 0.2) is 29.2 Å². The first-order chi connectivity index (χ1) is 9.83. The Labute approximate surface area is 127 Å². The highest BCUT2D eigenvalue weighted by Gasteiger charge is 2.24. The second-order valence-corrected chi connectivity index (χ2v) is 7.84. The molecule has 0 aromatic heterocycles. The molecule has 0 bridgehead atoms. The Morgan fingerprint density at radius 3 is 2.65 bits per heavy atom. The number of benzene rings is 1. The summed E-state index contributed by atoms with van der Waals surface area (Å²) in [5.74, 6) is 0.909. The summed E-state index contributed by atoms with van der Waals surface area (Å²) in [4.78, 5) is 1.50. The van der Waals surface area contributed by atoms with Crippen LogP contribution in [0.4, 0.5) is 0 Å². The number of rotatable bonds is 4. The average Bonchev–Trinajstić information content (AvgIpc) is 2.69. The van der Waals surface area contributed by atoms with Crippen molar-refractivity contribution in [2.75, 3.05) is 6.54 Å². The van der Waals surface area contributed by atoms with E-state index >= 15 is 0 Å². The van der Waals surface area contributed by atoms with Gasteiger partial charge in [0.15, 0.2) is 0 Å². The van der Waals surface area contributed by atoms with E-state index in [0.29, 0.717) is 6.04 Å². The van der Waals surface area contributed by atoms with Gasteiger partial charge in [0, 0.05) is 22.7 Å². The van der Waals surface area contributed by atoms with Gasteiger partial charge in [-0.25, -0.2) is 0 Å². The highest BCUT2D eigenvalue weighted by molar-refractivity contribution is 8.00. The number of hydrogen-bond acceptors (Lipinski definition) is 2. The zero-order valence-electron chi connectivity index (χ0n) is 12.6. The van der Waals surface area contributed by atoms with Gasteiger partial charge in [-0.1, -0.05) is 43.9 Å². The predicted octanol–water partition coefficient (Wildman–Crippen LogP) is 4.65. The number of nitrogens with one attached hydrogen (secondary N) is 1. The summed E-state index contributed by atoms with van der Waals surface area (Å²) < 4.78 is 0. The van der Waals surface area contributed by atoms with Crippen LogP contribution in [0.3, 0.4) is 0 Å². The van der Waals surface area contributed by atoms with Gasteiger partial charge < -0.3 is 5.32 Å². The van der Waals surface area contributed by atoms with Crippen molar-refractivity contribution in [1.82, 2.24) is 5.32 Å². The Hall–Kier alpha value is -0.470. The molecular formula is C18H27NS. The van der Waals surface area contributed by atoms with Gasteiger partial charge in [0.2, 0.25) is 0 Å². The van der Waals surface area contributed by atoms with Crippen LogP contribution in [-0.2, 0) is 6.42 Å². The molecule has 1 fully saturated rings. The topological polar surface area (TPSA) is 12.0 Å². The lowest BCUT2D eigenvalue weighted by Crippen LogP contribution is -2.37. The van der Waals surface area contributed by atoms with Crippen molar-refractivity contribution in [1.29, 1.82) is 0 Å². The maximum atomic E-state index is 3.84. The molecule has 0 saturated heterocycles. The molecule has 3 rings (SSSR count). The molecule has 0 spiro atoms. The summed E-state index contributed by atoms with van der Waals surface area (Å²) in [6.07, 6.45) is 9.91. The molecule has 0 amide bonds. The molecular weight excluding hydrogens is 262 g/mol. The van der Waals surface area contributed by atoms with Crippen LogP contribution < -0.4 is 5.32 Å². The number of fused-ring (bicyclic) bond motifs is 1. The van der Waals surface area contributed by atoms with Crippen molar-refractivity contribution in [2.45, 2.75) is 68.1 Å². The molecule has 2 atom stereocenters. The Morgan fingerprint density at radius 2 is 1.90 bits per heavy atom. The van der Waals surface area contributed by atoms with E-state index in [1.165, 1.54) is 49.8 Å². The second kappa shape index (κ2) is 7.00. The molecule has 1 heterocycles. The zero-order valence-corrected chi connectivity index (χ0v) is 13.4.